The molecule has 0 atom stereocenters. The van der Waals surface area contributed by atoms with Crippen LogP contribution >= 0.6 is 0 Å². The number of nitrogens with zero attached hydrogens (tertiary/aromatic N) is 1. The largest absolute Gasteiger partial charge is 0.450 e. The van der Waals surface area contributed by atoms with Crippen molar-refractivity contribution in [3.8, 4) is 11.5 Å². The van der Waals surface area contributed by atoms with Crippen molar-refractivity contribution in [2.45, 2.75) is 13.8 Å². The first-order valence-electron chi connectivity index (χ1n) is 5.49. The average Bonchev–Trinajstić information content (AvgIpc) is 2.34. The van der Waals surface area contributed by atoms with Gasteiger partial charge in [0.05, 0.1) is 11.0 Å². The molecule has 0 N–H and O–H groups in total. The zero-order valence-electron chi connectivity index (χ0n) is 10.1. The number of ether oxygens (including phenoxy) is 1. The van der Waals surface area contributed by atoms with Crippen LogP contribution in [-0.4, -0.2) is 4.92 Å². The average molecular weight is 242 g/mol. The fraction of sp³-hybridized carbons (Fsp3) is 0.143. The lowest BCUT2D eigenvalue weighted by Crippen LogP contribution is -1.95. The lowest BCUT2D eigenvalue weighted by Gasteiger charge is -2.11. The van der Waals surface area contributed by atoms with E-state index in [2.05, 4.69) is 6.07 Å². The molecule has 0 amide bonds. The molecule has 0 bridgehead atoms. The summed E-state index contributed by atoms with van der Waals surface area (Å²) in [6, 6.07) is 13.0. The lowest BCUT2D eigenvalue weighted by atomic mass is 10.1. The summed E-state index contributed by atoms with van der Waals surface area (Å²) in [6.07, 6.45) is 0. The minimum atomic E-state index is -0.497. The van der Waals surface area contributed by atoms with Crippen LogP contribution in [0.2, 0.25) is 0 Å². The predicted molar refractivity (Wildman–Crippen MR) is 67.9 cm³/mol. The number of benzene rings is 2. The number of rotatable bonds is 3. The third-order valence-electron chi connectivity index (χ3n) is 2.60. The van der Waals surface area contributed by atoms with Gasteiger partial charge in [-0.15, -0.1) is 0 Å². The van der Waals surface area contributed by atoms with Gasteiger partial charge in [0.1, 0.15) is 5.75 Å². The molecule has 91 valence electrons. The summed E-state index contributed by atoms with van der Waals surface area (Å²) in [4.78, 5) is 10.4. The molecule has 2 aromatic rings. The second-order valence-corrected chi connectivity index (χ2v) is 3.96. The molecule has 4 nitrogen and oxygen atoms in total. The number of hydrogen-bond donors (Lipinski definition) is 0. The van der Waals surface area contributed by atoms with E-state index in [-0.39, 0.29) is 11.4 Å². The molecule has 2 rings (SSSR count). The zero-order chi connectivity index (χ0) is 13.1. The molecular weight excluding hydrogens is 230 g/mol. The van der Waals surface area contributed by atoms with Gasteiger partial charge in [-0.2, -0.15) is 0 Å². The van der Waals surface area contributed by atoms with E-state index in [1.807, 2.05) is 32.0 Å². The summed E-state index contributed by atoms with van der Waals surface area (Å²) < 4.78 is 5.66. The van der Waals surface area contributed by atoms with E-state index in [0.717, 1.165) is 11.1 Å². The Morgan fingerprint density at radius 3 is 2.44 bits per heavy atom. The topological polar surface area (TPSA) is 52.4 Å². The Morgan fingerprint density at radius 2 is 1.83 bits per heavy atom. The summed E-state index contributed by atoms with van der Waals surface area (Å²) >= 11 is 0. The maximum Gasteiger partial charge on any atom is 0.319 e. The molecular formula is C14H12NO3. The van der Waals surface area contributed by atoms with Gasteiger partial charge in [-0.1, -0.05) is 24.3 Å². The fourth-order valence-electron chi connectivity index (χ4n) is 1.71. The van der Waals surface area contributed by atoms with Gasteiger partial charge in [-0.3, -0.25) is 10.1 Å². The van der Waals surface area contributed by atoms with Crippen molar-refractivity contribution in [3.63, 3.8) is 0 Å². The Hall–Kier alpha value is -2.36. The molecule has 2 aromatic carbocycles. The Bertz CT molecular complexity index is 573. The third kappa shape index (κ3) is 2.32. The van der Waals surface area contributed by atoms with Crippen molar-refractivity contribution in [1.82, 2.24) is 0 Å². The Balaban J connectivity index is 2.43. The standard InChI is InChI=1S/C14H12NO3/c1-10-6-5-7-11(2)14(10)18-13-9-4-3-8-12(13)15(16)17/h3-7,9H,1-2H3. The molecule has 0 spiro atoms. The van der Waals surface area contributed by atoms with Crippen LogP contribution in [0.4, 0.5) is 5.69 Å². The first kappa shape index (κ1) is 12.1. The SMILES string of the molecule is Cc1cccc(C)c1Oc1ccc[c]c1[N+](=O)[O-]. The van der Waals surface area contributed by atoms with E-state index in [9.17, 15) is 10.1 Å². The highest BCUT2D eigenvalue weighted by Crippen LogP contribution is 2.33. The maximum absolute atomic E-state index is 10.9. The quantitative estimate of drug-likeness (QED) is 0.607. The fourth-order valence-corrected chi connectivity index (χ4v) is 1.71. The molecule has 0 aliphatic carbocycles. The van der Waals surface area contributed by atoms with Gasteiger partial charge < -0.3 is 4.74 Å². The third-order valence-corrected chi connectivity index (χ3v) is 2.60. The first-order valence-corrected chi connectivity index (χ1v) is 5.49. The van der Waals surface area contributed by atoms with Gasteiger partial charge in [-0.05, 0) is 37.1 Å². The number of hydrogen-bond acceptors (Lipinski definition) is 3. The Labute approximate surface area is 105 Å². The predicted octanol–water partition coefficient (Wildman–Crippen LogP) is 3.80. The molecule has 1 radical (unpaired) electrons. The smallest absolute Gasteiger partial charge is 0.319 e. The number of nitro benzene ring substituents is 1. The monoisotopic (exact) mass is 242 g/mol. The highest BCUT2D eigenvalue weighted by atomic mass is 16.6. The highest BCUT2D eigenvalue weighted by Gasteiger charge is 2.16. The summed E-state index contributed by atoms with van der Waals surface area (Å²) in [5, 5.41) is 10.9. The maximum atomic E-state index is 10.9. The summed E-state index contributed by atoms with van der Waals surface area (Å²) in [6.45, 7) is 3.81. The molecule has 0 unspecified atom stereocenters. The van der Waals surface area contributed by atoms with Crippen molar-refractivity contribution in [2.75, 3.05) is 0 Å². The molecule has 0 aromatic heterocycles. The summed E-state index contributed by atoms with van der Waals surface area (Å²) in [7, 11) is 0. The van der Waals surface area contributed by atoms with Gasteiger partial charge in [0.2, 0.25) is 5.75 Å². The van der Waals surface area contributed by atoms with Crippen molar-refractivity contribution >= 4 is 5.69 Å². The summed E-state index contributed by atoms with van der Waals surface area (Å²) in [5.74, 6) is 0.861. The number of aryl methyl sites for hydroxylation is 2. The Morgan fingerprint density at radius 1 is 1.17 bits per heavy atom. The van der Waals surface area contributed by atoms with Crippen LogP contribution in [0, 0.1) is 30.0 Å². The van der Waals surface area contributed by atoms with Gasteiger partial charge in [-0.25, -0.2) is 0 Å². The molecule has 0 fully saturated rings. The minimum absolute atomic E-state index is 0.153. The van der Waals surface area contributed by atoms with Crippen molar-refractivity contribution in [1.29, 1.82) is 0 Å². The van der Waals surface area contributed by atoms with E-state index >= 15 is 0 Å². The number of para-hydroxylation sites is 2. The molecule has 0 heterocycles. The van der Waals surface area contributed by atoms with Crippen LogP contribution in [-0.2, 0) is 0 Å². The van der Waals surface area contributed by atoms with Crippen molar-refractivity contribution in [3.05, 3.63) is 63.7 Å². The van der Waals surface area contributed by atoms with E-state index in [1.165, 1.54) is 6.07 Å². The molecule has 18 heavy (non-hydrogen) atoms. The lowest BCUT2D eigenvalue weighted by molar-refractivity contribution is -0.386. The van der Waals surface area contributed by atoms with Crippen molar-refractivity contribution < 1.29 is 9.66 Å². The van der Waals surface area contributed by atoms with Gasteiger partial charge in [0, 0.05) is 0 Å². The van der Waals surface area contributed by atoms with Crippen LogP contribution in [0.15, 0.2) is 36.4 Å². The van der Waals surface area contributed by atoms with Crippen LogP contribution in [0.5, 0.6) is 11.5 Å². The normalized spacial score (nSPS) is 10.1. The van der Waals surface area contributed by atoms with Gasteiger partial charge in [0.15, 0.2) is 0 Å². The van der Waals surface area contributed by atoms with Gasteiger partial charge in [0.25, 0.3) is 0 Å². The van der Waals surface area contributed by atoms with E-state index in [4.69, 9.17) is 4.74 Å². The second-order valence-electron chi connectivity index (χ2n) is 3.96. The first-order chi connectivity index (χ1) is 8.59. The summed E-state index contributed by atoms with van der Waals surface area (Å²) in [5.41, 5.74) is 1.72. The molecule has 4 heteroatoms. The number of nitro groups is 1. The van der Waals surface area contributed by atoms with Gasteiger partial charge >= 0.3 is 5.69 Å². The molecule has 0 aliphatic heterocycles. The molecule has 0 aliphatic rings. The van der Waals surface area contributed by atoms with E-state index in [1.54, 1.807) is 12.1 Å². The molecule has 0 saturated carbocycles. The second kappa shape index (κ2) is 4.87. The van der Waals surface area contributed by atoms with Crippen LogP contribution < -0.4 is 4.74 Å². The minimum Gasteiger partial charge on any atom is -0.450 e. The van der Waals surface area contributed by atoms with E-state index < -0.39 is 4.92 Å². The van der Waals surface area contributed by atoms with Crippen molar-refractivity contribution in [2.24, 2.45) is 0 Å². The van der Waals surface area contributed by atoms with Crippen LogP contribution in [0.3, 0.4) is 0 Å². The zero-order valence-corrected chi connectivity index (χ0v) is 10.1. The van der Waals surface area contributed by atoms with Crippen LogP contribution in [0.25, 0.3) is 0 Å². The highest BCUT2D eigenvalue weighted by molar-refractivity contribution is 5.50. The Kier molecular flexibility index (Phi) is 3.28. The van der Waals surface area contributed by atoms with Crippen LogP contribution in [0.1, 0.15) is 11.1 Å². The van der Waals surface area contributed by atoms with E-state index in [0.29, 0.717) is 5.75 Å². The molecule has 0 saturated heterocycles.